The molecule has 9 nitrogen and oxygen atoms in total. The van der Waals surface area contributed by atoms with Crippen LogP contribution in [0.2, 0.25) is 0 Å². The second-order valence-electron chi connectivity index (χ2n) is 6.06. The SMILES string of the molecule is CCn1nc(C)cc1-c1nc(-c2cc(C(N)=O)cn3c(C)ncc23)n[nH]1. The first-order valence-corrected chi connectivity index (χ1v) is 8.23. The summed E-state index contributed by atoms with van der Waals surface area (Å²) in [6.45, 7) is 6.53. The minimum absolute atomic E-state index is 0.370. The second kappa shape index (κ2) is 5.80. The third-order valence-electron chi connectivity index (χ3n) is 4.28. The Balaban J connectivity index is 1.89. The van der Waals surface area contributed by atoms with Gasteiger partial charge < -0.3 is 10.1 Å². The van der Waals surface area contributed by atoms with E-state index in [1.165, 1.54) is 0 Å². The molecule has 0 unspecified atom stereocenters. The zero-order valence-corrected chi connectivity index (χ0v) is 14.7. The molecule has 3 N–H and O–H groups in total. The van der Waals surface area contributed by atoms with E-state index in [-0.39, 0.29) is 0 Å². The number of aromatic nitrogens is 7. The number of hydrogen-bond donors (Lipinski definition) is 2. The molecule has 4 heterocycles. The Morgan fingerprint density at radius 2 is 2.12 bits per heavy atom. The van der Waals surface area contributed by atoms with Gasteiger partial charge >= 0.3 is 0 Å². The number of H-pyrrole nitrogens is 1. The topological polar surface area (TPSA) is 120 Å². The molecule has 4 rings (SSSR count). The quantitative estimate of drug-likeness (QED) is 0.580. The molecule has 0 saturated heterocycles. The minimum atomic E-state index is -0.517. The van der Waals surface area contributed by atoms with Crippen LogP contribution in [-0.2, 0) is 6.54 Å². The molecule has 0 saturated carbocycles. The summed E-state index contributed by atoms with van der Waals surface area (Å²) in [5, 5.41) is 11.7. The largest absolute Gasteiger partial charge is 0.366 e. The molecule has 0 atom stereocenters. The number of amides is 1. The maximum absolute atomic E-state index is 11.7. The van der Waals surface area contributed by atoms with Gasteiger partial charge in [-0.25, -0.2) is 9.97 Å². The smallest absolute Gasteiger partial charge is 0.250 e. The average molecular weight is 350 g/mol. The number of nitrogens with two attached hydrogens (primary N) is 1. The molecule has 0 aliphatic carbocycles. The lowest BCUT2D eigenvalue weighted by molar-refractivity contribution is 0.1000. The van der Waals surface area contributed by atoms with Crippen LogP contribution in [0.15, 0.2) is 24.5 Å². The fourth-order valence-corrected chi connectivity index (χ4v) is 3.01. The number of primary amides is 1. The lowest BCUT2D eigenvalue weighted by atomic mass is 10.1. The van der Waals surface area contributed by atoms with Crippen molar-refractivity contribution in [1.82, 2.24) is 34.3 Å². The van der Waals surface area contributed by atoms with Crippen molar-refractivity contribution in [3.8, 4) is 22.9 Å². The summed E-state index contributed by atoms with van der Waals surface area (Å²) in [6.07, 6.45) is 3.40. The zero-order valence-electron chi connectivity index (χ0n) is 14.7. The van der Waals surface area contributed by atoms with Crippen molar-refractivity contribution in [1.29, 1.82) is 0 Å². The van der Waals surface area contributed by atoms with Gasteiger partial charge in [0.15, 0.2) is 11.6 Å². The molecule has 0 spiro atoms. The normalized spacial score (nSPS) is 11.3. The summed E-state index contributed by atoms with van der Waals surface area (Å²) >= 11 is 0. The molecular formula is C17H18N8O. The highest BCUT2D eigenvalue weighted by molar-refractivity contribution is 5.95. The first-order valence-electron chi connectivity index (χ1n) is 8.23. The van der Waals surface area contributed by atoms with Crippen LogP contribution in [0.5, 0.6) is 0 Å². The minimum Gasteiger partial charge on any atom is -0.366 e. The number of nitrogens with zero attached hydrogens (tertiary/aromatic N) is 6. The zero-order chi connectivity index (χ0) is 18.4. The van der Waals surface area contributed by atoms with Gasteiger partial charge in [-0.3, -0.25) is 14.6 Å². The Kier molecular flexibility index (Phi) is 3.57. The first-order chi connectivity index (χ1) is 12.5. The van der Waals surface area contributed by atoms with Crippen LogP contribution in [0.3, 0.4) is 0 Å². The van der Waals surface area contributed by atoms with Gasteiger partial charge in [0.2, 0.25) is 5.91 Å². The number of nitrogens with one attached hydrogen (secondary N) is 1. The van der Waals surface area contributed by atoms with Crippen molar-refractivity contribution in [2.45, 2.75) is 27.3 Å². The van der Waals surface area contributed by atoms with Crippen LogP contribution in [0.4, 0.5) is 0 Å². The van der Waals surface area contributed by atoms with E-state index in [1.54, 1.807) is 18.5 Å². The van der Waals surface area contributed by atoms with Crippen LogP contribution in [0, 0.1) is 13.8 Å². The van der Waals surface area contributed by atoms with Crippen LogP contribution in [0.1, 0.15) is 28.8 Å². The molecule has 132 valence electrons. The molecular weight excluding hydrogens is 332 g/mol. The van der Waals surface area contributed by atoms with E-state index in [2.05, 4.69) is 25.3 Å². The van der Waals surface area contributed by atoms with E-state index in [4.69, 9.17) is 5.73 Å². The highest BCUT2D eigenvalue weighted by Crippen LogP contribution is 2.26. The van der Waals surface area contributed by atoms with Crippen molar-refractivity contribution >= 4 is 11.4 Å². The maximum atomic E-state index is 11.7. The number of pyridine rings is 1. The third kappa shape index (κ3) is 2.44. The number of rotatable bonds is 4. The molecule has 0 fully saturated rings. The van der Waals surface area contributed by atoms with Gasteiger partial charge in [0.25, 0.3) is 0 Å². The van der Waals surface area contributed by atoms with Crippen molar-refractivity contribution in [3.05, 3.63) is 41.6 Å². The fraction of sp³-hybridized carbons (Fsp3) is 0.235. The first kappa shape index (κ1) is 16.0. The number of carbonyl (C=O) groups excluding carboxylic acids is 1. The maximum Gasteiger partial charge on any atom is 0.250 e. The molecule has 0 bridgehead atoms. The monoisotopic (exact) mass is 350 g/mol. The molecule has 4 aromatic rings. The van der Waals surface area contributed by atoms with E-state index >= 15 is 0 Å². The summed E-state index contributed by atoms with van der Waals surface area (Å²) in [4.78, 5) is 20.6. The van der Waals surface area contributed by atoms with E-state index in [0.29, 0.717) is 22.8 Å². The lowest BCUT2D eigenvalue weighted by Gasteiger charge is -2.05. The highest BCUT2D eigenvalue weighted by Gasteiger charge is 2.17. The predicted octanol–water partition coefficient (Wildman–Crippen LogP) is 1.72. The van der Waals surface area contributed by atoms with E-state index in [9.17, 15) is 4.79 Å². The number of aryl methyl sites for hydroxylation is 3. The second-order valence-corrected chi connectivity index (χ2v) is 6.06. The molecule has 4 aromatic heterocycles. The molecule has 0 aliphatic rings. The third-order valence-corrected chi connectivity index (χ3v) is 4.28. The molecule has 9 heteroatoms. The Labute approximate surface area is 148 Å². The summed E-state index contributed by atoms with van der Waals surface area (Å²) in [6, 6.07) is 3.64. The predicted molar refractivity (Wildman–Crippen MR) is 95.5 cm³/mol. The Bertz CT molecular complexity index is 1130. The number of aromatic amines is 1. The van der Waals surface area contributed by atoms with E-state index in [0.717, 1.165) is 29.3 Å². The molecule has 0 aromatic carbocycles. The standard InChI is InChI=1S/C17H18N8O/c1-4-25-13(5-9(2)23-25)17-20-16(21-22-17)12-6-11(15(18)26)8-24-10(3)19-7-14(12)24/h5-8H,4H2,1-3H3,(H2,18,26)(H,20,21,22). The number of carbonyl (C=O) groups is 1. The van der Waals surface area contributed by atoms with Gasteiger partial charge in [0, 0.05) is 18.3 Å². The number of fused-ring (bicyclic) bond motifs is 1. The molecule has 26 heavy (non-hydrogen) atoms. The Morgan fingerprint density at radius 1 is 1.31 bits per heavy atom. The fourth-order valence-electron chi connectivity index (χ4n) is 3.01. The summed E-state index contributed by atoms with van der Waals surface area (Å²) < 4.78 is 3.67. The summed E-state index contributed by atoms with van der Waals surface area (Å²) in [7, 11) is 0. The highest BCUT2D eigenvalue weighted by atomic mass is 16.1. The van der Waals surface area contributed by atoms with Crippen LogP contribution in [0.25, 0.3) is 28.4 Å². The summed E-state index contributed by atoms with van der Waals surface area (Å²) in [5.74, 6) is 1.31. The van der Waals surface area contributed by atoms with Gasteiger partial charge in [-0.1, -0.05) is 0 Å². The number of hydrogen-bond acceptors (Lipinski definition) is 5. The van der Waals surface area contributed by atoms with Gasteiger partial charge in [-0.05, 0) is 32.9 Å². The lowest BCUT2D eigenvalue weighted by Crippen LogP contribution is -2.12. The Morgan fingerprint density at radius 3 is 2.85 bits per heavy atom. The van der Waals surface area contributed by atoms with Gasteiger partial charge in [-0.2, -0.15) is 10.2 Å². The van der Waals surface area contributed by atoms with Crippen molar-refractivity contribution in [2.24, 2.45) is 5.73 Å². The van der Waals surface area contributed by atoms with Gasteiger partial charge in [0.1, 0.15) is 11.5 Å². The van der Waals surface area contributed by atoms with E-state index in [1.807, 2.05) is 35.9 Å². The van der Waals surface area contributed by atoms with Crippen molar-refractivity contribution in [2.75, 3.05) is 0 Å². The number of imidazole rings is 1. The molecule has 0 radical (unpaired) electrons. The van der Waals surface area contributed by atoms with Gasteiger partial charge in [0.05, 0.1) is 23.0 Å². The average Bonchev–Trinajstić information content (AvgIpc) is 3.32. The molecule has 0 aliphatic heterocycles. The molecule has 1 amide bonds. The van der Waals surface area contributed by atoms with Crippen LogP contribution in [-0.4, -0.2) is 40.3 Å². The van der Waals surface area contributed by atoms with Crippen LogP contribution < -0.4 is 5.73 Å². The van der Waals surface area contributed by atoms with Gasteiger partial charge in [-0.15, -0.1) is 0 Å². The van der Waals surface area contributed by atoms with Crippen molar-refractivity contribution in [3.63, 3.8) is 0 Å². The van der Waals surface area contributed by atoms with Crippen LogP contribution >= 0.6 is 0 Å². The summed E-state index contributed by atoms with van der Waals surface area (Å²) in [5.41, 5.74) is 9.10. The van der Waals surface area contributed by atoms with E-state index < -0.39 is 5.91 Å². The Hall–Kier alpha value is -3.49. The van der Waals surface area contributed by atoms with Crippen molar-refractivity contribution < 1.29 is 4.79 Å².